The number of hydrogen-bond acceptors (Lipinski definition) is 8. The molecule has 1 rings (SSSR count). The van der Waals surface area contributed by atoms with Crippen LogP contribution in [0.4, 0.5) is 0 Å². The third-order valence-electron chi connectivity index (χ3n) is 5.32. The van der Waals surface area contributed by atoms with E-state index in [0.29, 0.717) is 19.4 Å². The SMILES string of the molecule is NCCCCC(NC(=O)C(CO)NC(=O)C(N)Cc1ccccc1)C(=O)NC(CCC(N)=O)C(=O)O. The second-order valence-corrected chi connectivity index (χ2v) is 8.29. The van der Waals surface area contributed by atoms with Crippen molar-refractivity contribution in [3.63, 3.8) is 0 Å². The summed E-state index contributed by atoms with van der Waals surface area (Å²) < 4.78 is 0. The maximum Gasteiger partial charge on any atom is 0.326 e. The first-order valence-electron chi connectivity index (χ1n) is 11.6. The van der Waals surface area contributed by atoms with E-state index in [4.69, 9.17) is 17.2 Å². The molecule has 13 nitrogen and oxygen atoms in total. The van der Waals surface area contributed by atoms with Crippen LogP contribution in [0, 0.1) is 0 Å². The van der Waals surface area contributed by atoms with Crippen LogP contribution in [-0.4, -0.2) is 77.1 Å². The van der Waals surface area contributed by atoms with E-state index in [1.165, 1.54) is 0 Å². The van der Waals surface area contributed by atoms with Crippen LogP contribution in [0.1, 0.15) is 37.7 Å². The number of carbonyl (C=O) groups excluding carboxylic acids is 4. The molecule has 4 atom stereocenters. The number of primary amides is 1. The number of carboxylic acid groups (broad SMARTS) is 1. The minimum atomic E-state index is -1.40. The molecule has 0 aliphatic carbocycles. The van der Waals surface area contributed by atoms with Gasteiger partial charge in [-0.3, -0.25) is 19.2 Å². The molecular formula is C23H36N6O7. The number of aliphatic hydroxyl groups excluding tert-OH is 1. The fraction of sp³-hybridized carbons (Fsp3) is 0.522. The monoisotopic (exact) mass is 508 g/mol. The Morgan fingerprint density at radius 2 is 1.42 bits per heavy atom. The first kappa shape index (κ1) is 30.5. The lowest BCUT2D eigenvalue weighted by Crippen LogP contribution is -2.58. The maximum atomic E-state index is 12.8. The molecule has 0 aromatic heterocycles. The summed E-state index contributed by atoms with van der Waals surface area (Å²) in [6.07, 6.45) is 0.816. The Morgan fingerprint density at radius 3 is 1.97 bits per heavy atom. The van der Waals surface area contributed by atoms with Gasteiger partial charge in [0, 0.05) is 6.42 Å². The molecule has 0 spiro atoms. The van der Waals surface area contributed by atoms with E-state index in [9.17, 15) is 34.2 Å². The highest BCUT2D eigenvalue weighted by atomic mass is 16.4. The Labute approximate surface area is 209 Å². The van der Waals surface area contributed by atoms with Crippen molar-refractivity contribution in [1.82, 2.24) is 16.0 Å². The van der Waals surface area contributed by atoms with Gasteiger partial charge in [-0.05, 0) is 44.2 Å². The topological polar surface area (TPSA) is 240 Å². The Kier molecular flexibility index (Phi) is 13.7. The van der Waals surface area contributed by atoms with E-state index in [0.717, 1.165) is 5.56 Å². The average Bonchev–Trinajstić information content (AvgIpc) is 2.84. The Morgan fingerprint density at radius 1 is 0.833 bits per heavy atom. The van der Waals surface area contributed by atoms with Crippen LogP contribution in [0.2, 0.25) is 0 Å². The number of aliphatic carboxylic acids is 1. The Bertz CT molecular complexity index is 883. The molecule has 11 N–H and O–H groups in total. The number of aliphatic hydroxyl groups is 1. The van der Waals surface area contributed by atoms with Crippen molar-refractivity contribution in [2.24, 2.45) is 17.2 Å². The van der Waals surface area contributed by atoms with E-state index in [1.807, 2.05) is 6.07 Å². The van der Waals surface area contributed by atoms with E-state index in [2.05, 4.69) is 16.0 Å². The molecule has 1 aromatic rings. The zero-order valence-corrected chi connectivity index (χ0v) is 20.0. The molecule has 200 valence electrons. The predicted molar refractivity (Wildman–Crippen MR) is 130 cm³/mol. The van der Waals surface area contributed by atoms with Gasteiger partial charge in [0.15, 0.2) is 0 Å². The summed E-state index contributed by atoms with van der Waals surface area (Å²) >= 11 is 0. The van der Waals surface area contributed by atoms with Crippen LogP contribution in [-0.2, 0) is 30.4 Å². The molecule has 0 radical (unpaired) electrons. The van der Waals surface area contributed by atoms with Crippen LogP contribution < -0.4 is 33.2 Å². The number of carboxylic acids is 1. The number of benzene rings is 1. The Balaban J connectivity index is 2.84. The highest BCUT2D eigenvalue weighted by Crippen LogP contribution is 2.06. The van der Waals surface area contributed by atoms with Crippen molar-refractivity contribution in [1.29, 1.82) is 0 Å². The van der Waals surface area contributed by atoms with Gasteiger partial charge in [0.2, 0.25) is 23.6 Å². The highest BCUT2D eigenvalue weighted by molar-refractivity contribution is 5.94. The van der Waals surface area contributed by atoms with E-state index in [-0.39, 0.29) is 25.7 Å². The lowest BCUT2D eigenvalue weighted by Gasteiger charge is -2.24. The summed E-state index contributed by atoms with van der Waals surface area (Å²) in [4.78, 5) is 60.5. The maximum absolute atomic E-state index is 12.8. The number of amides is 4. The summed E-state index contributed by atoms with van der Waals surface area (Å²) in [5.74, 6) is -4.43. The molecule has 13 heteroatoms. The second-order valence-electron chi connectivity index (χ2n) is 8.29. The number of carbonyl (C=O) groups is 5. The van der Waals surface area contributed by atoms with Gasteiger partial charge in [-0.2, -0.15) is 0 Å². The minimum absolute atomic E-state index is 0.122. The molecular weight excluding hydrogens is 472 g/mol. The van der Waals surface area contributed by atoms with Crippen molar-refractivity contribution >= 4 is 29.6 Å². The van der Waals surface area contributed by atoms with Crippen molar-refractivity contribution in [3.8, 4) is 0 Å². The lowest BCUT2D eigenvalue weighted by atomic mass is 10.0. The van der Waals surface area contributed by atoms with E-state index in [1.54, 1.807) is 24.3 Å². The van der Waals surface area contributed by atoms with Crippen molar-refractivity contribution in [3.05, 3.63) is 35.9 Å². The summed E-state index contributed by atoms with van der Waals surface area (Å²) in [7, 11) is 0. The highest BCUT2D eigenvalue weighted by Gasteiger charge is 2.30. The largest absolute Gasteiger partial charge is 0.480 e. The number of nitrogens with one attached hydrogen (secondary N) is 3. The molecule has 0 saturated heterocycles. The molecule has 4 amide bonds. The predicted octanol–water partition coefficient (Wildman–Crippen LogP) is -2.52. The van der Waals surface area contributed by atoms with Crippen LogP contribution in [0.25, 0.3) is 0 Å². The van der Waals surface area contributed by atoms with Crippen LogP contribution in [0.3, 0.4) is 0 Å². The first-order chi connectivity index (χ1) is 17.1. The van der Waals surface area contributed by atoms with Crippen molar-refractivity contribution in [2.75, 3.05) is 13.2 Å². The number of hydrogen-bond donors (Lipinski definition) is 8. The standard InChI is InChI=1S/C23H36N6O7/c24-11-5-4-8-16(21(33)28-17(23(35)36)9-10-19(26)31)27-22(34)18(13-30)29-20(32)15(25)12-14-6-2-1-3-7-14/h1-3,6-7,15-18,30H,4-5,8-13,24-25H2,(H2,26,31)(H,27,34)(H,28,33)(H,29,32)(H,35,36). The molecule has 1 aromatic carbocycles. The van der Waals surface area contributed by atoms with Gasteiger partial charge in [-0.1, -0.05) is 30.3 Å². The smallest absolute Gasteiger partial charge is 0.326 e. The molecule has 0 aliphatic heterocycles. The molecule has 0 bridgehead atoms. The van der Waals surface area contributed by atoms with Gasteiger partial charge < -0.3 is 43.4 Å². The zero-order valence-electron chi connectivity index (χ0n) is 20.0. The summed E-state index contributed by atoms with van der Waals surface area (Å²) in [6.45, 7) is -0.420. The minimum Gasteiger partial charge on any atom is -0.480 e. The number of unbranched alkanes of at least 4 members (excludes halogenated alkanes) is 1. The van der Waals surface area contributed by atoms with Crippen LogP contribution in [0.5, 0.6) is 0 Å². The molecule has 4 unspecified atom stereocenters. The molecule has 36 heavy (non-hydrogen) atoms. The van der Waals surface area contributed by atoms with Gasteiger partial charge in [-0.25, -0.2) is 4.79 Å². The summed E-state index contributed by atoms with van der Waals surface area (Å²) in [6, 6.07) is 4.03. The van der Waals surface area contributed by atoms with Gasteiger partial charge in [0.05, 0.1) is 12.6 Å². The van der Waals surface area contributed by atoms with Crippen LogP contribution in [0.15, 0.2) is 30.3 Å². The van der Waals surface area contributed by atoms with Crippen molar-refractivity contribution < 1.29 is 34.2 Å². The Hall–Kier alpha value is -3.55. The third kappa shape index (κ3) is 11.3. The first-order valence-corrected chi connectivity index (χ1v) is 11.6. The quantitative estimate of drug-likeness (QED) is 0.103. The lowest BCUT2D eigenvalue weighted by molar-refractivity contribution is -0.142. The molecule has 0 saturated carbocycles. The molecule has 0 aliphatic rings. The van der Waals surface area contributed by atoms with Gasteiger partial charge in [0.25, 0.3) is 0 Å². The average molecular weight is 509 g/mol. The van der Waals surface area contributed by atoms with Gasteiger partial charge in [-0.15, -0.1) is 0 Å². The molecule has 0 heterocycles. The zero-order chi connectivity index (χ0) is 27.1. The van der Waals surface area contributed by atoms with E-state index < -0.39 is 60.4 Å². The van der Waals surface area contributed by atoms with Crippen LogP contribution >= 0.6 is 0 Å². The number of rotatable bonds is 17. The van der Waals surface area contributed by atoms with E-state index >= 15 is 0 Å². The molecule has 0 fully saturated rings. The normalized spacial score (nSPS) is 14.1. The number of nitrogens with two attached hydrogens (primary N) is 3. The second kappa shape index (κ2) is 16.2. The fourth-order valence-corrected chi connectivity index (χ4v) is 3.28. The van der Waals surface area contributed by atoms with Crippen molar-refractivity contribution in [2.45, 2.75) is 62.7 Å². The van der Waals surface area contributed by atoms with Gasteiger partial charge in [0.1, 0.15) is 18.1 Å². The summed E-state index contributed by atoms with van der Waals surface area (Å²) in [5.41, 5.74) is 17.3. The fourth-order valence-electron chi connectivity index (χ4n) is 3.28. The third-order valence-corrected chi connectivity index (χ3v) is 5.32. The van der Waals surface area contributed by atoms with Gasteiger partial charge >= 0.3 is 5.97 Å². The summed E-state index contributed by atoms with van der Waals surface area (Å²) in [5, 5.41) is 26.1.